The minimum absolute atomic E-state index is 0.0832. The molecule has 0 spiro atoms. The molecule has 2 aliphatic rings. The standard InChI is InChI=1S/C21H23FN4O/c22-18-11-9-16(10-12-18)19-15-26(21(27)24-25-13-5-2-6-14-25)23-20(19)17-7-3-1-4-8-17/h1,3-4,7-12,19H,2,5-6,13-15H2,(H,24,27). The minimum atomic E-state index is -0.269. The number of urea groups is 1. The minimum Gasteiger partial charge on any atom is -0.269 e. The van der Waals surface area contributed by atoms with Crippen molar-refractivity contribution < 1.29 is 9.18 Å². The van der Waals surface area contributed by atoms with Gasteiger partial charge in [-0.15, -0.1) is 0 Å². The number of halogens is 1. The van der Waals surface area contributed by atoms with Gasteiger partial charge in [-0.05, 0) is 36.1 Å². The van der Waals surface area contributed by atoms with Crippen LogP contribution in [0.25, 0.3) is 0 Å². The number of hydrogen-bond donors (Lipinski definition) is 1. The van der Waals surface area contributed by atoms with Crippen molar-refractivity contribution in [2.75, 3.05) is 19.6 Å². The molecule has 4 rings (SSSR count). The van der Waals surface area contributed by atoms with E-state index in [0.717, 1.165) is 42.8 Å². The largest absolute Gasteiger partial charge is 0.352 e. The smallest absolute Gasteiger partial charge is 0.269 e. The van der Waals surface area contributed by atoms with Crippen molar-refractivity contribution in [2.24, 2.45) is 5.10 Å². The Balaban J connectivity index is 1.57. The highest BCUT2D eigenvalue weighted by molar-refractivity contribution is 6.07. The summed E-state index contributed by atoms with van der Waals surface area (Å²) in [5.41, 5.74) is 5.72. The number of hydrazine groups is 1. The van der Waals surface area contributed by atoms with Crippen molar-refractivity contribution in [3.63, 3.8) is 0 Å². The van der Waals surface area contributed by atoms with Crippen LogP contribution in [0.1, 0.15) is 36.3 Å². The average molecular weight is 366 g/mol. The van der Waals surface area contributed by atoms with Gasteiger partial charge in [0.1, 0.15) is 5.82 Å². The van der Waals surface area contributed by atoms with E-state index < -0.39 is 0 Å². The van der Waals surface area contributed by atoms with Crippen LogP contribution in [0, 0.1) is 5.82 Å². The van der Waals surface area contributed by atoms with E-state index in [1.807, 2.05) is 35.3 Å². The molecule has 2 aromatic rings. The third-order valence-electron chi connectivity index (χ3n) is 5.10. The molecule has 1 saturated heterocycles. The van der Waals surface area contributed by atoms with Gasteiger partial charge in [0.05, 0.1) is 12.3 Å². The molecule has 140 valence electrons. The fraction of sp³-hybridized carbons (Fsp3) is 0.333. The van der Waals surface area contributed by atoms with Crippen molar-refractivity contribution in [1.82, 2.24) is 15.4 Å². The first kappa shape index (κ1) is 17.7. The maximum Gasteiger partial charge on any atom is 0.352 e. The first-order valence-corrected chi connectivity index (χ1v) is 9.43. The van der Waals surface area contributed by atoms with Gasteiger partial charge in [0.15, 0.2) is 0 Å². The number of hydrazone groups is 1. The first-order valence-electron chi connectivity index (χ1n) is 9.43. The van der Waals surface area contributed by atoms with Gasteiger partial charge in [0.2, 0.25) is 0 Å². The zero-order valence-corrected chi connectivity index (χ0v) is 15.1. The van der Waals surface area contributed by atoms with E-state index in [2.05, 4.69) is 10.5 Å². The molecule has 0 aliphatic carbocycles. The summed E-state index contributed by atoms with van der Waals surface area (Å²) in [4.78, 5) is 12.7. The number of nitrogens with one attached hydrogen (secondary N) is 1. The zero-order chi connectivity index (χ0) is 18.6. The van der Waals surface area contributed by atoms with Crippen LogP contribution in [-0.2, 0) is 0 Å². The molecule has 2 aliphatic heterocycles. The van der Waals surface area contributed by atoms with Crippen LogP contribution < -0.4 is 5.43 Å². The lowest BCUT2D eigenvalue weighted by Gasteiger charge is -2.28. The topological polar surface area (TPSA) is 47.9 Å². The molecule has 1 unspecified atom stereocenters. The zero-order valence-electron chi connectivity index (χ0n) is 15.1. The van der Waals surface area contributed by atoms with Crippen molar-refractivity contribution in [3.05, 3.63) is 71.5 Å². The molecule has 2 amide bonds. The Bertz CT molecular complexity index is 816. The van der Waals surface area contributed by atoms with Crippen LogP contribution in [0.15, 0.2) is 59.7 Å². The number of nitrogens with zero attached hydrogens (tertiary/aromatic N) is 3. The van der Waals surface area contributed by atoms with Crippen LogP contribution in [0.2, 0.25) is 0 Å². The van der Waals surface area contributed by atoms with Gasteiger partial charge in [0.25, 0.3) is 0 Å². The maximum absolute atomic E-state index is 13.3. The maximum atomic E-state index is 13.3. The SMILES string of the molecule is O=C(NN1CCCCC1)N1CC(c2ccc(F)cc2)C(c2ccccc2)=N1. The van der Waals surface area contributed by atoms with Crippen LogP contribution in [0.3, 0.4) is 0 Å². The number of rotatable bonds is 3. The van der Waals surface area contributed by atoms with Gasteiger partial charge in [-0.1, -0.05) is 48.9 Å². The highest BCUT2D eigenvalue weighted by Crippen LogP contribution is 2.29. The normalized spacial score (nSPS) is 20.4. The summed E-state index contributed by atoms with van der Waals surface area (Å²) >= 11 is 0. The van der Waals surface area contributed by atoms with Gasteiger partial charge >= 0.3 is 6.03 Å². The summed E-state index contributed by atoms with van der Waals surface area (Å²) in [6, 6.07) is 16.1. The third kappa shape index (κ3) is 4.01. The Kier molecular flexibility index (Phi) is 5.16. The second-order valence-electron chi connectivity index (χ2n) is 7.00. The Morgan fingerprint density at radius 2 is 1.70 bits per heavy atom. The van der Waals surface area contributed by atoms with E-state index in [-0.39, 0.29) is 17.8 Å². The summed E-state index contributed by atoms with van der Waals surface area (Å²) in [6.07, 6.45) is 3.40. The average Bonchev–Trinajstić information content (AvgIpc) is 3.16. The predicted molar refractivity (Wildman–Crippen MR) is 103 cm³/mol. The highest BCUT2D eigenvalue weighted by atomic mass is 19.1. The summed E-state index contributed by atoms with van der Waals surface area (Å²) in [7, 11) is 0. The molecule has 1 N–H and O–H groups in total. The van der Waals surface area contributed by atoms with Crippen LogP contribution in [0.4, 0.5) is 9.18 Å². The van der Waals surface area contributed by atoms with Crippen molar-refractivity contribution in [3.8, 4) is 0 Å². The van der Waals surface area contributed by atoms with E-state index in [4.69, 9.17) is 0 Å². The number of carbonyl (C=O) groups is 1. The van der Waals surface area contributed by atoms with E-state index in [0.29, 0.717) is 6.54 Å². The molecule has 0 saturated carbocycles. The molecule has 27 heavy (non-hydrogen) atoms. The fourth-order valence-corrected chi connectivity index (χ4v) is 3.65. The lowest BCUT2D eigenvalue weighted by Crippen LogP contribution is -2.49. The Morgan fingerprint density at radius 3 is 2.41 bits per heavy atom. The van der Waals surface area contributed by atoms with E-state index in [1.165, 1.54) is 23.6 Å². The molecular weight excluding hydrogens is 343 g/mol. The number of piperidine rings is 1. The summed E-state index contributed by atoms with van der Waals surface area (Å²) in [6.45, 7) is 2.18. The number of hydrogen-bond acceptors (Lipinski definition) is 3. The quantitative estimate of drug-likeness (QED) is 0.900. The Hall–Kier alpha value is -2.73. The lowest BCUT2D eigenvalue weighted by molar-refractivity contribution is 0.133. The molecular formula is C21H23FN4O. The van der Waals surface area contributed by atoms with Gasteiger partial charge in [0, 0.05) is 19.0 Å². The Labute approximate surface area is 158 Å². The number of benzene rings is 2. The van der Waals surface area contributed by atoms with Crippen LogP contribution >= 0.6 is 0 Å². The van der Waals surface area contributed by atoms with E-state index in [9.17, 15) is 9.18 Å². The second-order valence-corrected chi connectivity index (χ2v) is 7.00. The van der Waals surface area contributed by atoms with Crippen molar-refractivity contribution >= 4 is 11.7 Å². The second kappa shape index (κ2) is 7.88. The summed E-state index contributed by atoms with van der Waals surface area (Å²) in [5, 5.41) is 8.08. The molecule has 0 bridgehead atoms. The van der Waals surface area contributed by atoms with Crippen LogP contribution in [0.5, 0.6) is 0 Å². The third-order valence-corrected chi connectivity index (χ3v) is 5.10. The van der Waals surface area contributed by atoms with Crippen LogP contribution in [-0.4, -0.2) is 41.4 Å². The predicted octanol–water partition coefficient (Wildman–Crippen LogP) is 3.74. The number of carbonyl (C=O) groups excluding carboxylic acids is 1. The molecule has 0 radical (unpaired) electrons. The van der Waals surface area contributed by atoms with E-state index >= 15 is 0 Å². The first-order chi connectivity index (χ1) is 13.2. The molecule has 1 fully saturated rings. The van der Waals surface area contributed by atoms with Gasteiger partial charge in [-0.3, -0.25) is 5.43 Å². The molecule has 2 aromatic carbocycles. The summed E-state index contributed by atoms with van der Waals surface area (Å²) < 4.78 is 13.3. The number of amides is 2. The Morgan fingerprint density at radius 1 is 1.00 bits per heavy atom. The van der Waals surface area contributed by atoms with Gasteiger partial charge in [-0.25, -0.2) is 19.2 Å². The molecule has 0 aromatic heterocycles. The molecule has 1 atom stereocenters. The fourth-order valence-electron chi connectivity index (χ4n) is 3.65. The van der Waals surface area contributed by atoms with Crippen molar-refractivity contribution in [1.29, 1.82) is 0 Å². The monoisotopic (exact) mass is 366 g/mol. The lowest BCUT2D eigenvalue weighted by atomic mass is 9.91. The highest BCUT2D eigenvalue weighted by Gasteiger charge is 2.33. The molecule has 2 heterocycles. The van der Waals surface area contributed by atoms with Gasteiger partial charge < -0.3 is 0 Å². The molecule has 5 nitrogen and oxygen atoms in total. The van der Waals surface area contributed by atoms with Gasteiger partial charge in [-0.2, -0.15) is 5.10 Å². The van der Waals surface area contributed by atoms with E-state index in [1.54, 1.807) is 12.1 Å². The van der Waals surface area contributed by atoms with Crippen molar-refractivity contribution in [2.45, 2.75) is 25.2 Å². The summed E-state index contributed by atoms with van der Waals surface area (Å²) in [5.74, 6) is -0.352. The molecule has 6 heteroatoms.